The van der Waals surface area contributed by atoms with E-state index in [2.05, 4.69) is 34.0 Å². The number of rotatable bonds is 2. The fraction of sp³-hybridized carbons (Fsp3) is 0.500. The number of hydrogen-bond donors (Lipinski definition) is 1. The SMILES string of the molecule is CNCC=CI. The van der Waals surface area contributed by atoms with Crippen molar-refractivity contribution in [3.8, 4) is 0 Å². The molecule has 0 aromatic heterocycles. The average molecular weight is 197 g/mol. The summed E-state index contributed by atoms with van der Waals surface area (Å²) in [7, 11) is 1.93. The van der Waals surface area contributed by atoms with Crippen molar-refractivity contribution < 1.29 is 0 Å². The van der Waals surface area contributed by atoms with E-state index in [9.17, 15) is 0 Å². The molecule has 0 atom stereocenters. The van der Waals surface area contributed by atoms with Crippen LogP contribution in [0.4, 0.5) is 0 Å². The second kappa shape index (κ2) is 5.43. The van der Waals surface area contributed by atoms with Crippen LogP contribution < -0.4 is 5.32 Å². The van der Waals surface area contributed by atoms with E-state index >= 15 is 0 Å². The number of nitrogens with one attached hydrogen (secondary N) is 1. The molecule has 0 saturated heterocycles. The van der Waals surface area contributed by atoms with Gasteiger partial charge < -0.3 is 5.32 Å². The van der Waals surface area contributed by atoms with Gasteiger partial charge in [0.2, 0.25) is 0 Å². The Morgan fingerprint density at radius 1 is 1.83 bits per heavy atom. The van der Waals surface area contributed by atoms with Crippen LogP contribution in [0.3, 0.4) is 0 Å². The summed E-state index contributed by atoms with van der Waals surface area (Å²) >= 11 is 2.19. The maximum Gasteiger partial charge on any atom is 0.0139 e. The molecule has 6 heavy (non-hydrogen) atoms. The molecule has 1 N–H and O–H groups in total. The summed E-state index contributed by atoms with van der Waals surface area (Å²) in [4.78, 5) is 0. The lowest BCUT2D eigenvalue weighted by Crippen LogP contribution is -2.03. The Kier molecular flexibility index (Phi) is 5.82. The second-order valence-corrected chi connectivity index (χ2v) is 1.64. The molecule has 2 heteroatoms. The summed E-state index contributed by atoms with van der Waals surface area (Å²) in [5.74, 6) is 0. The van der Waals surface area contributed by atoms with Gasteiger partial charge in [-0.25, -0.2) is 0 Å². The maximum atomic E-state index is 2.98. The Balaban J connectivity index is 2.66. The molecule has 0 aromatic carbocycles. The van der Waals surface area contributed by atoms with Gasteiger partial charge in [0, 0.05) is 6.54 Å². The monoisotopic (exact) mass is 197 g/mol. The molecule has 0 fully saturated rings. The van der Waals surface area contributed by atoms with Crippen LogP contribution in [0.2, 0.25) is 0 Å². The van der Waals surface area contributed by atoms with Crippen molar-refractivity contribution in [2.24, 2.45) is 0 Å². The molecular formula is C4H8IN. The molecular weight excluding hydrogens is 189 g/mol. The fourth-order valence-electron chi connectivity index (χ4n) is 0.162. The third-order valence-electron chi connectivity index (χ3n) is 0.411. The topological polar surface area (TPSA) is 12.0 Å². The van der Waals surface area contributed by atoms with E-state index in [1.54, 1.807) is 0 Å². The van der Waals surface area contributed by atoms with Crippen molar-refractivity contribution in [1.29, 1.82) is 0 Å². The summed E-state index contributed by atoms with van der Waals surface area (Å²) in [6, 6.07) is 0. The number of hydrogen-bond acceptors (Lipinski definition) is 1. The molecule has 0 aliphatic heterocycles. The summed E-state index contributed by atoms with van der Waals surface area (Å²) < 4.78 is 1.99. The Morgan fingerprint density at radius 3 is 2.67 bits per heavy atom. The first-order chi connectivity index (χ1) is 2.91. The van der Waals surface area contributed by atoms with Gasteiger partial charge in [-0.3, -0.25) is 0 Å². The van der Waals surface area contributed by atoms with Crippen LogP contribution >= 0.6 is 22.6 Å². The van der Waals surface area contributed by atoms with Gasteiger partial charge in [-0.1, -0.05) is 28.7 Å². The van der Waals surface area contributed by atoms with Gasteiger partial charge in [0.25, 0.3) is 0 Å². The van der Waals surface area contributed by atoms with E-state index in [0.29, 0.717) is 0 Å². The molecule has 1 nitrogen and oxygen atoms in total. The van der Waals surface area contributed by atoms with E-state index in [1.165, 1.54) is 0 Å². The summed E-state index contributed by atoms with van der Waals surface area (Å²) in [5, 5.41) is 2.98. The van der Waals surface area contributed by atoms with Crippen molar-refractivity contribution in [2.45, 2.75) is 0 Å². The van der Waals surface area contributed by atoms with Gasteiger partial charge in [0.05, 0.1) is 0 Å². The molecule has 0 rings (SSSR count). The summed E-state index contributed by atoms with van der Waals surface area (Å²) in [6.45, 7) is 0.975. The van der Waals surface area contributed by atoms with Gasteiger partial charge in [0.1, 0.15) is 0 Å². The highest BCUT2D eigenvalue weighted by atomic mass is 127. The Morgan fingerprint density at radius 2 is 2.50 bits per heavy atom. The lowest BCUT2D eigenvalue weighted by molar-refractivity contribution is 0.921. The minimum atomic E-state index is 0.975. The zero-order chi connectivity index (χ0) is 4.83. The van der Waals surface area contributed by atoms with Crippen LogP contribution in [0.5, 0.6) is 0 Å². The Hall–Kier alpha value is 0.430. The molecule has 0 bridgehead atoms. The molecule has 36 valence electrons. The highest BCUT2D eigenvalue weighted by Crippen LogP contribution is 1.79. The highest BCUT2D eigenvalue weighted by molar-refractivity contribution is 14.1. The predicted molar refractivity (Wildman–Crippen MR) is 37.1 cm³/mol. The van der Waals surface area contributed by atoms with Crippen LogP contribution in [-0.2, 0) is 0 Å². The zero-order valence-corrected chi connectivity index (χ0v) is 5.90. The first-order valence-corrected chi connectivity index (χ1v) is 3.06. The molecule has 0 aliphatic carbocycles. The molecule has 0 aromatic rings. The van der Waals surface area contributed by atoms with Gasteiger partial charge in [-0.15, -0.1) is 0 Å². The predicted octanol–water partition coefficient (Wildman–Crippen LogP) is 1.15. The Labute approximate surface area is 52.0 Å². The van der Waals surface area contributed by atoms with Crippen LogP contribution in [0.1, 0.15) is 0 Å². The molecule has 0 radical (unpaired) electrons. The molecule has 0 saturated carbocycles. The first kappa shape index (κ1) is 6.43. The summed E-state index contributed by atoms with van der Waals surface area (Å²) in [5.41, 5.74) is 0. The summed E-state index contributed by atoms with van der Waals surface area (Å²) in [6.07, 6.45) is 2.06. The van der Waals surface area contributed by atoms with Gasteiger partial charge in [-0.2, -0.15) is 0 Å². The van der Waals surface area contributed by atoms with Gasteiger partial charge in [0.15, 0.2) is 0 Å². The lowest BCUT2D eigenvalue weighted by atomic mass is 10.6. The quantitative estimate of drug-likeness (QED) is 0.655. The van der Waals surface area contributed by atoms with Crippen LogP contribution in [-0.4, -0.2) is 13.6 Å². The van der Waals surface area contributed by atoms with E-state index in [0.717, 1.165) is 6.54 Å². The highest BCUT2D eigenvalue weighted by Gasteiger charge is 1.61. The third kappa shape index (κ3) is 4.43. The van der Waals surface area contributed by atoms with Gasteiger partial charge in [-0.05, 0) is 11.1 Å². The van der Waals surface area contributed by atoms with Gasteiger partial charge >= 0.3 is 0 Å². The standard InChI is InChI=1S/C4H8IN/c1-6-4-2-3-5/h2-3,6H,4H2,1H3. The molecule has 0 unspecified atom stereocenters. The smallest absolute Gasteiger partial charge is 0.0139 e. The minimum absolute atomic E-state index is 0.975. The van der Waals surface area contributed by atoms with E-state index < -0.39 is 0 Å². The first-order valence-electron chi connectivity index (χ1n) is 1.81. The fourth-order valence-corrected chi connectivity index (χ4v) is 0.417. The minimum Gasteiger partial charge on any atom is -0.316 e. The van der Waals surface area contributed by atoms with Crippen molar-refractivity contribution in [1.82, 2.24) is 5.32 Å². The largest absolute Gasteiger partial charge is 0.316 e. The molecule has 0 heterocycles. The van der Waals surface area contributed by atoms with E-state index in [1.807, 2.05) is 11.1 Å². The second-order valence-electron chi connectivity index (χ2n) is 0.919. The van der Waals surface area contributed by atoms with Crippen molar-refractivity contribution in [3.63, 3.8) is 0 Å². The van der Waals surface area contributed by atoms with Crippen molar-refractivity contribution >= 4 is 22.6 Å². The molecule has 0 aliphatic rings. The van der Waals surface area contributed by atoms with Crippen molar-refractivity contribution in [3.05, 3.63) is 10.2 Å². The molecule has 0 amide bonds. The number of likely N-dealkylation sites (N-methyl/N-ethyl adjacent to an activating group) is 1. The van der Waals surface area contributed by atoms with Crippen molar-refractivity contribution in [2.75, 3.05) is 13.6 Å². The van der Waals surface area contributed by atoms with Crippen LogP contribution in [0, 0.1) is 0 Å². The third-order valence-corrected chi connectivity index (χ3v) is 0.920. The van der Waals surface area contributed by atoms with Crippen LogP contribution in [0.15, 0.2) is 10.2 Å². The van der Waals surface area contributed by atoms with Crippen LogP contribution in [0.25, 0.3) is 0 Å². The maximum absolute atomic E-state index is 2.98. The van der Waals surface area contributed by atoms with E-state index in [-0.39, 0.29) is 0 Å². The number of halogens is 1. The molecule has 0 spiro atoms. The van der Waals surface area contributed by atoms with E-state index in [4.69, 9.17) is 0 Å². The Bertz CT molecular complexity index is 42.8. The lowest BCUT2D eigenvalue weighted by Gasteiger charge is -1.81. The average Bonchev–Trinajstić information content (AvgIpc) is 1.61. The zero-order valence-electron chi connectivity index (χ0n) is 3.74. The normalized spacial score (nSPS) is 10.3.